The predicted molar refractivity (Wildman–Crippen MR) is 58.2 cm³/mol. The van der Waals surface area contributed by atoms with Gasteiger partial charge in [-0.3, -0.25) is 0 Å². The molecule has 0 radical (unpaired) electrons. The zero-order valence-electron chi connectivity index (χ0n) is 9.82. The Morgan fingerprint density at radius 3 is 2.17 bits per heavy atom. The van der Waals surface area contributed by atoms with Crippen LogP contribution in [0.3, 0.4) is 0 Å². The van der Waals surface area contributed by atoms with E-state index in [2.05, 4.69) is 5.32 Å². The Morgan fingerprint density at radius 1 is 1.11 bits per heavy atom. The second kappa shape index (κ2) is 6.13. The van der Waals surface area contributed by atoms with Crippen molar-refractivity contribution < 1.29 is 22.0 Å². The van der Waals surface area contributed by atoms with E-state index >= 15 is 0 Å². The van der Waals surface area contributed by atoms with E-state index in [1.165, 1.54) is 12.1 Å². The van der Waals surface area contributed by atoms with E-state index in [0.717, 1.165) is 6.07 Å². The van der Waals surface area contributed by atoms with Crippen molar-refractivity contribution in [2.75, 3.05) is 13.1 Å². The first-order chi connectivity index (χ1) is 8.26. The molecule has 1 atom stereocenters. The van der Waals surface area contributed by atoms with Crippen molar-refractivity contribution in [3.05, 3.63) is 35.4 Å². The van der Waals surface area contributed by atoms with Crippen LogP contribution in [0.25, 0.3) is 0 Å². The van der Waals surface area contributed by atoms with Crippen LogP contribution in [0.2, 0.25) is 0 Å². The predicted octanol–water partition coefficient (Wildman–Crippen LogP) is 3.30. The molecule has 0 aromatic heterocycles. The van der Waals surface area contributed by atoms with Crippen LogP contribution in [0.4, 0.5) is 22.0 Å². The Labute approximate surface area is 102 Å². The van der Waals surface area contributed by atoms with Crippen molar-refractivity contribution in [2.45, 2.75) is 19.5 Å². The van der Waals surface area contributed by atoms with E-state index in [4.69, 9.17) is 0 Å². The number of halogens is 5. The molecule has 1 rings (SSSR count). The number of hydrogen-bond donors (Lipinski definition) is 1. The molecule has 0 spiro atoms. The Bertz CT molecular complexity index is 368. The topological polar surface area (TPSA) is 12.0 Å². The highest BCUT2D eigenvalue weighted by molar-refractivity contribution is 5.18. The van der Waals surface area contributed by atoms with Crippen LogP contribution in [-0.4, -0.2) is 19.3 Å². The van der Waals surface area contributed by atoms with Crippen LogP contribution >= 0.6 is 0 Å². The molecule has 0 fully saturated rings. The summed E-state index contributed by atoms with van der Waals surface area (Å²) in [6.45, 7) is 0.790. The van der Waals surface area contributed by atoms with Crippen LogP contribution < -0.4 is 5.32 Å². The number of alkyl halides is 3. The molecule has 1 aromatic rings. The van der Waals surface area contributed by atoms with Gasteiger partial charge in [-0.25, -0.2) is 8.78 Å². The highest BCUT2D eigenvalue weighted by Crippen LogP contribution is 2.14. The third-order valence-corrected chi connectivity index (χ3v) is 2.32. The first kappa shape index (κ1) is 14.9. The van der Waals surface area contributed by atoms with Gasteiger partial charge in [-0.05, 0) is 36.6 Å². The number of nitrogens with one attached hydrogen (secondary N) is 1. The van der Waals surface area contributed by atoms with Crippen LogP contribution in [-0.2, 0) is 6.42 Å². The van der Waals surface area contributed by atoms with E-state index in [9.17, 15) is 22.0 Å². The molecule has 0 heterocycles. The van der Waals surface area contributed by atoms with E-state index < -0.39 is 24.4 Å². The maximum atomic E-state index is 12.9. The quantitative estimate of drug-likeness (QED) is 0.807. The van der Waals surface area contributed by atoms with Crippen LogP contribution in [0.15, 0.2) is 18.2 Å². The van der Waals surface area contributed by atoms with Gasteiger partial charge in [0.2, 0.25) is 0 Å². The highest BCUT2D eigenvalue weighted by atomic mass is 19.4. The Morgan fingerprint density at radius 2 is 1.67 bits per heavy atom. The van der Waals surface area contributed by atoms with Crippen LogP contribution in [0, 0.1) is 17.6 Å². The maximum absolute atomic E-state index is 12.9. The Kier molecular flexibility index (Phi) is 5.07. The van der Waals surface area contributed by atoms with Crippen molar-refractivity contribution in [3.63, 3.8) is 0 Å². The smallest absolute Gasteiger partial charge is 0.308 e. The van der Waals surface area contributed by atoms with Gasteiger partial charge in [-0.15, -0.1) is 0 Å². The fraction of sp³-hybridized carbons (Fsp3) is 0.500. The van der Waals surface area contributed by atoms with Gasteiger partial charge >= 0.3 is 6.18 Å². The number of rotatable bonds is 5. The summed E-state index contributed by atoms with van der Waals surface area (Å²) in [5.74, 6) is -1.51. The molecule has 1 nitrogen and oxygen atoms in total. The summed E-state index contributed by atoms with van der Waals surface area (Å²) in [7, 11) is 0. The van der Waals surface area contributed by atoms with Crippen molar-refractivity contribution in [2.24, 2.45) is 5.92 Å². The number of hydrogen-bond acceptors (Lipinski definition) is 1. The molecule has 1 unspecified atom stereocenters. The third-order valence-electron chi connectivity index (χ3n) is 2.32. The summed E-state index contributed by atoms with van der Waals surface area (Å²) in [4.78, 5) is 0. The summed E-state index contributed by atoms with van der Waals surface area (Å²) in [6, 6.07) is 3.13. The lowest BCUT2D eigenvalue weighted by molar-refractivity contribution is -0.125. The average molecular weight is 267 g/mol. The maximum Gasteiger partial charge on any atom is 0.401 e. The molecule has 18 heavy (non-hydrogen) atoms. The molecule has 0 aliphatic heterocycles. The van der Waals surface area contributed by atoms with E-state index in [-0.39, 0.29) is 12.5 Å². The minimum atomic E-state index is -4.25. The van der Waals surface area contributed by atoms with Gasteiger partial charge in [-0.2, -0.15) is 13.2 Å². The summed E-state index contributed by atoms with van der Waals surface area (Å²) in [5.41, 5.74) is 0.439. The number of benzene rings is 1. The summed E-state index contributed by atoms with van der Waals surface area (Å²) >= 11 is 0. The second-order valence-corrected chi connectivity index (χ2v) is 4.33. The molecular weight excluding hydrogens is 253 g/mol. The van der Waals surface area contributed by atoms with Crippen molar-refractivity contribution in [3.8, 4) is 0 Å². The van der Waals surface area contributed by atoms with Crippen LogP contribution in [0.1, 0.15) is 12.5 Å². The molecule has 0 amide bonds. The molecule has 1 aromatic carbocycles. The zero-order valence-corrected chi connectivity index (χ0v) is 9.82. The molecule has 6 heteroatoms. The molecule has 1 N–H and O–H groups in total. The van der Waals surface area contributed by atoms with Gasteiger partial charge in [0.05, 0.1) is 6.54 Å². The average Bonchev–Trinajstić information content (AvgIpc) is 2.12. The fourth-order valence-corrected chi connectivity index (χ4v) is 1.66. The SMILES string of the molecule is CC(CNCC(F)(F)F)Cc1cc(F)cc(F)c1. The third kappa shape index (κ3) is 5.95. The lowest BCUT2D eigenvalue weighted by atomic mass is 10.0. The van der Waals surface area contributed by atoms with E-state index in [0.29, 0.717) is 12.0 Å². The minimum Gasteiger partial charge on any atom is -0.308 e. The Hall–Kier alpha value is -1.17. The minimum absolute atomic E-state index is 0.137. The summed E-state index contributed by atoms with van der Waals surface area (Å²) < 4.78 is 61.4. The summed E-state index contributed by atoms with van der Waals surface area (Å²) in [6.07, 6.45) is -3.93. The molecule has 0 aliphatic carbocycles. The van der Waals surface area contributed by atoms with Crippen molar-refractivity contribution in [1.29, 1.82) is 0 Å². The van der Waals surface area contributed by atoms with Gasteiger partial charge in [-0.1, -0.05) is 6.92 Å². The van der Waals surface area contributed by atoms with Gasteiger partial charge in [0.15, 0.2) is 0 Å². The molecule has 0 bridgehead atoms. The highest BCUT2D eigenvalue weighted by Gasteiger charge is 2.26. The van der Waals surface area contributed by atoms with E-state index in [1.807, 2.05) is 0 Å². The molecule has 0 saturated heterocycles. The molecule has 0 aliphatic rings. The first-order valence-electron chi connectivity index (χ1n) is 5.49. The van der Waals surface area contributed by atoms with E-state index in [1.54, 1.807) is 6.92 Å². The van der Waals surface area contributed by atoms with Crippen molar-refractivity contribution in [1.82, 2.24) is 5.32 Å². The van der Waals surface area contributed by atoms with Gasteiger partial charge in [0.25, 0.3) is 0 Å². The molecular formula is C12H14F5N. The monoisotopic (exact) mass is 267 g/mol. The first-order valence-corrected chi connectivity index (χ1v) is 5.49. The molecule has 102 valence electrons. The normalized spacial score (nSPS) is 13.7. The van der Waals surface area contributed by atoms with Crippen LogP contribution in [0.5, 0.6) is 0 Å². The van der Waals surface area contributed by atoms with Crippen molar-refractivity contribution >= 4 is 0 Å². The largest absolute Gasteiger partial charge is 0.401 e. The van der Waals surface area contributed by atoms with Gasteiger partial charge in [0.1, 0.15) is 11.6 Å². The lowest BCUT2D eigenvalue weighted by Gasteiger charge is -2.14. The Balaban J connectivity index is 2.42. The molecule has 0 saturated carbocycles. The second-order valence-electron chi connectivity index (χ2n) is 4.33. The standard InChI is InChI=1S/C12H14F5N/c1-8(6-18-7-12(15,16)17)2-9-3-10(13)5-11(14)4-9/h3-5,8,18H,2,6-7H2,1H3. The summed E-state index contributed by atoms with van der Waals surface area (Å²) in [5, 5.41) is 2.26. The van der Waals surface area contributed by atoms with Gasteiger partial charge < -0.3 is 5.32 Å². The fourth-order valence-electron chi connectivity index (χ4n) is 1.66. The lowest BCUT2D eigenvalue weighted by Crippen LogP contribution is -2.32. The zero-order chi connectivity index (χ0) is 13.8. The van der Waals surface area contributed by atoms with Gasteiger partial charge in [0, 0.05) is 6.07 Å².